The summed E-state index contributed by atoms with van der Waals surface area (Å²) in [7, 11) is 5.40. The van der Waals surface area contributed by atoms with Gasteiger partial charge in [0.15, 0.2) is 5.75 Å². The van der Waals surface area contributed by atoms with Crippen LogP contribution in [0.4, 0.5) is 11.4 Å². The summed E-state index contributed by atoms with van der Waals surface area (Å²) in [5, 5.41) is 12.0. The van der Waals surface area contributed by atoms with E-state index in [-0.39, 0.29) is 11.4 Å². The normalized spacial score (nSPS) is 10.6. The van der Waals surface area contributed by atoms with Crippen LogP contribution in [0.15, 0.2) is 48.5 Å². The number of nitro benzene ring substituents is 1. The molecule has 122 valence electrons. The van der Waals surface area contributed by atoms with Crippen LogP contribution in [0.1, 0.15) is 0 Å². The van der Waals surface area contributed by atoms with Gasteiger partial charge in [-0.25, -0.2) is 4.98 Å². The maximum Gasteiger partial charge on any atom is 0.310 e. The molecule has 3 aromatic rings. The zero-order valence-electron chi connectivity index (χ0n) is 13.7. The molecule has 0 spiro atoms. The Kier molecular flexibility index (Phi) is 4.04. The number of hydrogen-bond acceptors (Lipinski definition) is 5. The zero-order valence-corrected chi connectivity index (χ0v) is 13.7. The summed E-state index contributed by atoms with van der Waals surface area (Å²) in [5.41, 5.74) is 3.44. The van der Waals surface area contributed by atoms with Crippen molar-refractivity contribution in [3.8, 4) is 17.0 Å². The van der Waals surface area contributed by atoms with Gasteiger partial charge in [-0.3, -0.25) is 10.1 Å². The van der Waals surface area contributed by atoms with Crippen molar-refractivity contribution >= 4 is 22.3 Å². The molecule has 1 aromatic heterocycles. The van der Waals surface area contributed by atoms with E-state index >= 15 is 0 Å². The molecule has 0 bridgehead atoms. The molecule has 0 saturated heterocycles. The van der Waals surface area contributed by atoms with Crippen molar-refractivity contribution in [3.63, 3.8) is 0 Å². The Balaban J connectivity index is 2.06. The van der Waals surface area contributed by atoms with E-state index in [4.69, 9.17) is 4.74 Å². The SMILES string of the molecule is COc1cc(-c2ccc3cc(N(C)C)ccc3n2)ccc1[N+](=O)[O-]. The second-order valence-electron chi connectivity index (χ2n) is 5.61. The predicted octanol–water partition coefficient (Wildman–Crippen LogP) is 3.88. The molecular formula is C18H17N3O3. The van der Waals surface area contributed by atoms with Gasteiger partial charge in [0.25, 0.3) is 0 Å². The molecule has 6 nitrogen and oxygen atoms in total. The zero-order chi connectivity index (χ0) is 17.3. The Bertz CT molecular complexity index is 923. The van der Waals surface area contributed by atoms with Crippen LogP contribution in [-0.4, -0.2) is 31.1 Å². The van der Waals surface area contributed by atoms with Crippen LogP contribution in [0.5, 0.6) is 5.75 Å². The van der Waals surface area contributed by atoms with Crippen molar-refractivity contribution in [1.29, 1.82) is 0 Å². The van der Waals surface area contributed by atoms with Crippen LogP contribution in [0.2, 0.25) is 0 Å². The Morgan fingerprint density at radius 2 is 1.88 bits per heavy atom. The van der Waals surface area contributed by atoms with E-state index < -0.39 is 4.92 Å². The van der Waals surface area contributed by atoms with E-state index in [2.05, 4.69) is 11.1 Å². The molecule has 2 aromatic carbocycles. The maximum atomic E-state index is 11.0. The van der Waals surface area contributed by atoms with Crippen molar-refractivity contribution in [2.45, 2.75) is 0 Å². The smallest absolute Gasteiger partial charge is 0.310 e. The number of methoxy groups -OCH3 is 1. The second kappa shape index (κ2) is 6.16. The number of hydrogen-bond donors (Lipinski definition) is 0. The number of nitro groups is 1. The summed E-state index contributed by atoms with van der Waals surface area (Å²) < 4.78 is 5.12. The first kappa shape index (κ1) is 15.7. The van der Waals surface area contributed by atoms with Crippen molar-refractivity contribution in [3.05, 3.63) is 58.6 Å². The number of anilines is 1. The minimum absolute atomic E-state index is 0.0577. The van der Waals surface area contributed by atoms with E-state index in [1.165, 1.54) is 13.2 Å². The fraction of sp³-hybridized carbons (Fsp3) is 0.167. The fourth-order valence-electron chi connectivity index (χ4n) is 2.54. The summed E-state index contributed by atoms with van der Waals surface area (Å²) in [5.74, 6) is 0.224. The number of ether oxygens (including phenoxy) is 1. The lowest BCUT2D eigenvalue weighted by atomic mass is 10.1. The lowest BCUT2D eigenvalue weighted by Crippen LogP contribution is -2.08. The van der Waals surface area contributed by atoms with Crippen LogP contribution >= 0.6 is 0 Å². The lowest BCUT2D eigenvalue weighted by molar-refractivity contribution is -0.385. The third-order valence-corrected chi connectivity index (χ3v) is 3.86. The Morgan fingerprint density at radius 1 is 1.08 bits per heavy atom. The predicted molar refractivity (Wildman–Crippen MR) is 94.7 cm³/mol. The molecule has 0 radical (unpaired) electrons. The van der Waals surface area contributed by atoms with Crippen LogP contribution in [0.3, 0.4) is 0 Å². The topological polar surface area (TPSA) is 68.5 Å². The van der Waals surface area contributed by atoms with E-state index in [0.29, 0.717) is 0 Å². The van der Waals surface area contributed by atoms with Crippen molar-refractivity contribution in [2.24, 2.45) is 0 Å². The highest BCUT2D eigenvalue weighted by Crippen LogP contribution is 2.32. The van der Waals surface area contributed by atoms with Gasteiger partial charge in [0.05, 0.1) is 23.2 Å². The summed E-state index contributed by atoms with van der Waals surface area (Å²) in [6.45, 7) is 0. The molecule has 0 aliphatic heterocycles. The molecule has 0 aliphatic rings. The molecule has 0 saturated carbocycles. The average molecular weight is 323 g/mol. The Labute approximate surface area is 139 Å². The minimum atomic E-state index is -0.459. The molecule has 3 rings (SSSR count). The quantitative estimate of drug-likeness (QED) is 0.538. The molecule has 24 heavy (non-hydrogen) atoms. The minimum Gasteiger partial charge on any atom is -0.490 e. The van der Waals surface area contributed by atoms with Gasteiger partial charge in [0.2, 0.25) is 0 Å². The number of pyridine rings is 1. The van der Waals surface area contributed by atoms with Crippen LogP contribution < -0.4 is 9.64 Å². The molecule has 6 heteroatoms. The van der Waals surface area contributed by atoms with Gasteiger partial charge in [-0.1, -0.05) is 6.07 Å². The van der Waals surface area contributed by atoms with Crippen LogP contribution in [-0.2, 0) is 0 Å². The van der Waals surface area contributed by atoms with Crippen LogP contribution in [0, 0.1) is 10.1 Å². The van der Waals surface area contributed by atoms with Gasteiger partial charge >= 0.3 is 5.69 Å². The van der Waals surface area contributed by atoms with E-state index in [1.54, 1.807) is 12.1 Å². The van der Waals surface area contributed by atoms with Crippen molar-refractivity contribution in [1.82, 2.24) is 4.98 Å². The van der Waals surface area contributed by atoms with Gasteiger partial charge in [-0.2, -0.15) is 0 Å². The second-order valence-corrected chi connectivity index (χ2v) is 5.61. The van der Waals surface area contributed by atoms with Crippen molar-refractivity contribution in [2.75, 3.05) is 26.1 Å². The van der Waals surface area contributed by atoms with Crippen molar-refractivity contribution < 1.29 is 9.66 Å². The third-order valence-electron chi connectivity index (χ3n) is 3.86. The third kappa shape index (κ3) is 2.86. The number of nitrogens with zero attached hydrogens (tertiary/aromatic N) is 3. The summed E-state index contributed by atoms with van der Waals surface area (Å²) in [6, 6.07) is 14.7. The number of rotatable bonds is 4. The monoisotopic (exact) mass is 323 g/mol. The first-order chi connectivity index (χ1) is 11.5. The Hall–Kier alpha value is -3.15. The highest BCUT2D eigenvalue weighted by atomic mass is 16.6. The highest BCUT2D eigenvalue weighted by Gasteiger charge is 2.15. The van der Waals surface area contributed by atoms with Gasteiger partial charge < -0.3 is 9.64 Å². The Morgan fingerprint density at radius 3 is 2.54 bits per heavy atom. The first-order valence-electron chi connectivity index (χ1n) is 7.40. The van der Waals surface area contributed by atoms with Gasteiger partial charge in [0.1, 0.15) is 0 Å². The van der Waals surface area contributed by atoms with Crippen LogP contribution in [0.25, 0.3) is 22.2 Å². The molecule has 0 aliphatic carbocycles. The lowest BCUT2D eigenvalue weighted by Gasteiger charge is -2.13. The molecule has 0 unspecified atom stereocenters. The molecule has 0 atom stereocenters. The van der Waals surface area contributed by atoms with E-state index in [1.807, 2.05) is 43.3 Å². The van der Waals surface area contributed by atoms with Gasteiger partial charge in [-0.05, 0) is 36.4 Å². The molecule has 0 fully saturated rings. The molecule has 1 heterocycles. The largest absolute Gasteiger partial charge is 0.490 e. The maximum absolute atomic E-state index is 11.0. The number of benzene rings is 2. The van der Waals surface area contributed by atoms with E-state index in [9.17, 15) is 10.1 Å². The molecule has 0 amide bonds. The van der Waals surface area contributed by atoms with Gasteiger partial charge in [0, 0.05) is 36.8 Å². The standard InChI is InChI=1S/C18H17N3O3/c1-20(2)14-6-8-16-12(10-14)4-7-15(19-16)13-5-9-17(21(22)23)18(11-13)24-3/h4-11H,1-3H3. The fourth-order valence-corrected chi connectivity index (χ4v) is 2.54. The van der Waals surface area contributed by atoms with Gasteiger partial charge in [-0.15, -0.1) is 0 Å². The summed E-state index contributed by atoms with van der Waals surface area (Å²) >= 11 is 0. The molecular weight excluding hydrogens is 306 g/mol. The average Bonchev–Trinajstić information content (AvgIpc) is 2.60. The number of aromatic nitrogens is 1. The number of fused-ring (bicyclic) bond motifs is 1. The highest BCUT2D eigenvalue weighted by molar-refractivity contribution is 5.85. The molecule has 0 N–H and O–H groups in total. The first-order valence-corrected chi connectivity index (χ1v) is 7.40. The summed E-state index contributed by atoms with van der Waals surface area (Å²) in [6.07, 6.45) is 0. The summed E-state index contributed by atoms with van der Waals surface area (Å²) in [4.78, 5) is 17.2. The van der Waals surface area contributed by atoms with E-state index in [0.717, 1.165) is 27.8 Å².